The third-order valence-electron chi connectivity index (χ3n) is 1.94. The Hall–Kier alpha value is -1.78. The number of ketones is 1. The van der Waals surface area contributed by atoms with Crippen LogP contribution in [0.5, 0.6) is 0 Å². The van der Waals surface area contributed by atoms with Gasteiger partial charge in [-0.25, -0.2) is 0 Å². The maximum Gasteiger partial charge on any atom is 0.305 e. The van der Waals surface area contributed by atoms with Crippen LogP contribution in [0.15, 0.2) is 12.1 Å². The van der Waals surface area contributed by atoms with Crippen LogP contribution < -0.4 is 0 Å². The summed E-state index contributed by atoms with van der Waals surface area (Å²) in [5, 5.41) is 10.3. The third-order valence-corrected chi connectivity index (χ3v) is 1.94. The van der Waals surface area contributed by atoms with Gasteiger partial charge in [-0.2, -0.15) is 4.39 Å². The van der Waals surface area contributed by atoms with Crippen LogP contribution in [0, 0.1) is 22.9 Å². The molecule has 0 amide bonds. The quantitative estimate of drug-likeness (QED) is 0.415. The summed E-state index contributed by atoms with van der Waals surface area (Å²) in [5.74, 6) is -1.25. The van der Waals surface area contributed by atoms with Crippen molar-refractivity contribution in [2.75, 3.05) is 0 Å². The normalized spacial score (nSPS) is 9.93. The molecule has 0 aliphatic carbocycles. The van der Waals surface area contributed by atoms with E-state index in [1.165, 1.54) is 19.9 Å². The Morgan fingerprint density at radius 2 is 2.07 bits per heavy atom. The first-order chi connectivity index (χ1) is 6.45. The highest BCUT2D eigenvalue weighted by Crippen LogP contribution is 2.23. The predicted molar refractivity (Wildman–Crippen MR) is 47.8 cm³/mol. The second kappa shape index (κ2) is 3.53. The summed E-state index contributed by atoms with van der Waals surface area (Å²) in [6, 6.07) is 2.26. The molecule has 0 heterocycles. The Balaban J connectivity index is 3.41. The van der Waals surface area contributed by atoms with Crippen molar-refractivity contribution < 1.29 is 14.1 Å². The fourth-order valence-corrected chi connectivity index (χ4v) is 1.19. The number of hydrogen-bond acceptors (Lipinski definition) is 3. The van der Waals surface area contributed by atoms with Gasteiger partial charge in [0.2, 0.25) is 5.82 Å². The van der Waals surface area contributed by atoms with Crippen molar-refractivity contribution in [1.29, 1.82) is 0 Å². The summed E-state index contributed by atoms with van der Waals surface area (Å²) in [7, 11) is 0. The molecule has 5 heteroatoms. The lowest BCUT2D eigenvalue weighted by molar-refractivity contribution is -0.387. The van der Waals surface area contributed by atoms with E-state index in [2.05, 4.69) is 0 Å². The summed E-state index contributed by atoms with van der Waals surface area (Å²) in [5.41, 5.74) is -0.410. The van der Waals surface area contributed by atoms with Crippen molar-refractivity contribution in [3.05, 3.63) is 39.2 Å². The van der Waals surface area contributed by atoms with Crippen LogP contribution in [0.3, 0.4) is 0 Å². The number of carbonyl (C=O) groups is 1. The standard InChI is InChI=1S/C9H8FNO3/c1-5-7(6(2)12)3-4-8(9(5)10)11(13)14/h3-4H,1-2H3. The fourth-order valence-electron chi connectivity index (χ4n) is 1.19. The van der Waals surface area contributed by atoms with Gasteiger partial charge in [0.1, 0.15) is 0 Å². The molecule has 0 fully saturated rings. The van der Waals surface area contributed by atoms with Crippen molar-refractivity contribution in [2.45, 2.75) is 13.8 Å². The third kappa shape index (κ3) is 1.61. The van der Waals surface area contributed by atoms with E-state index < -0.39 is 16.4 Å². The lowest BCUT2D eigenvalue weighted by Gasteiger charge is -2.02. The first kappa shape index (κ1) is 10.3. The molecule has 0 saturated heterocycles. The summed E-state index contributed by atoms with van der Waals surface area (Å²) < 4.78 is 13.3. The number of hydrogen-bond donors (Lipinski definition) is 0. The highest BCUT2D eigenvalue weighted by Gasteiger charge is 2.19. The van der Waals surface area contributed by atoms with Crippen molar-refractivity contribution in [1.82, 2.24) is 0 Å². The first-order valence-corrected chi connectivity index (χ1v) is 3.89. The minimum absolute atomic E-state index is 0.0201. The summed E-state index contributed by atoms with van der Waals surface area (Å²) in [6.45, 7) is 2.63. The van der Waals surface area contributed by atoms with Gasteiger partial charge in [-0.05, 0) is 19.9 Å². The van der Waals surface area contributed by atoms with E-state index in [9.17, 15) is 19.3 Å². The van der Waals surface area contributed by atoms with E-state index in [0.717, 1.165) is 6.07 Å². The molecule has 1 rings (SSSR count). The molecule has 0 unspecified atom stereocenters. The lowest BCUT2D eigenvalue weighted by atomic mass is 10.0. The summed E-state index contributed by atoms with van der Waals surface area (Å²) in [6.07, 6.45) is 0. The number of carbonyl (C=O) groups excluding carboxylic acids is 1. The zero-order valence-corrected chi connectivity index (χ0v) is 7.70. The van der Waals surface area contributed by atoms with E-state index in [1.807, 2.05) is 0 Å². The van der Waals surface area contributed by atoms with E-state index >= 15 is 0 Å². The second-order valence-corrected chi connectivity index (χ2v) is 2.88. The minimum atomic E-state index is -0.942. The summed E-state index contributed by atoms with van der Waals surface area (Å²) >= 11 is 0. The molecule has 0 radical (unpaired) electrons. The maximum atomic E-state index is 13.3. The molecule has 0 saturated carbocycles. The SMILES string of the molecule is CC(=O)c1ccc([N+](=O)[O-])c(F)c1C. The molecular formula is C9H8FNO3. The van der Waals surface area contributed by atoms with Crippen LogP contribution in [0.2, 0.25) is 0 Å². The summed E-state index contributed by atoms with van der Waals surface area (Å²) in [4.78, 5) is 20.5. The number of Topliss-reactive ketones (excluding diaryl/α,β-unsaturated/α-hetero) is 1. The Bertz CT molecular complexity index is 376. The molecule has 0 atom stereocenters. The Morgan fingerprint density at radius 1 is 1.50 bits per heavy atom. The molecule has 0 N–H and O–H groups in total. The molecule has 74 valence electrons. The highest BCUT2D eigenvalue weighted by molar-refractivity contribution is 5.95. The van der Waals surface area contributed by atoms with E-state index in [1.54, 1.807) is 0 Å². The average Bonchev–Trinajstić information content (AvgIpc) is 2.08. The van der Waals surface area contributed by atoms with Gasteiger partial charge in [-0.3, -0.25) is 14.9 Å². The highest BCUT2D eigenvalue weighted by atomic mass is 19.1. The minimum Gasteiger partial charge on any atom is -0.294 e. The van der Waals surface area contributed by atoms with Crippen LogP contribution in [-0.2, 0) is 0 Å². The van der Waals surface area contributed by atoms with Gasteiger partial charge in [0.05, 0.1) is 4.92 Å². The van der Waals surface area contributed by atoms with Crippen LogP contribution in [0.4, 0.5) is 10.1 Å². The molecule has 1 aromatic carbocycles. The van der Waals surface area contributed by atoms with Crippen molar-refractivity contribution in [2.24, 2.45) is 0 Å². The van der Waals surface area contributed by atoms with Crippen LogP contribution in [-0.4, -0.2) is 10.7 Å². The Kier molecular flexibility index (Phi) is 2.60. The zero-order chi connectivity index (χ0) is 10.9. The van der Waals surface area contributed by atoms with E-state index in [-0.39, 0.29) is 16.9 Å². The zero-order valence-electron chi connectivity index (χ0n) is 7.70. The van der Waals surface area contributed by atoms with E-state index in [0.29, 0.717) is 0 Å². The molecule has 0 aliphatic rings. The van der Waals surface area contributed by atoms with Gasteiger partial charge < -0.3 is 0 Å². The molecule has 0 bridgehead atoms. The van der Waals surface area contributed by atoms with Crippen molar-refractivity contribution in [3.8, 4) is 0 Å². The van der Waals surface area contributed by atoms with Crippen LogP contribution in [0.1, 0.15) is 22.8 Å². The first-order valence-electron chi connectivity index (χ1n) is 3.89. The van der Waals surface area contributed by atoms with Gasteiger partial charge in [-0.15, -0.1) is 0 Å². The predicted octanol–water partition coefficient (Wildman–Crippen LogP) is 2.24. The molecule has 0 aromatic heterocycles. The van der Waals surface area contributed by atoms with Gasteiger partial charge in [0.25, 0.3) is 0 Å². The maximum absolute atomic E-state index is 13.3. The molecule has 1 aromatic rings. The smallest absolute Gasteiger partial charge is 0.294 e. The van der Waals surface area contributed by atoms with Gasteiger partial charge in [0.15, 0.2) is 5.78 Å². The largest absolute Gasteiger partial charge is 0.305 e. The van der Waals surface area contributed by atoms with Gasteiger partial charge >= 0.3 is 5.69 Å². The second-order valence-electron chi connectivity index (χ2n) is 2.88. The fraction of sp³-hybridized carbons (Fsp3) is 0.222. The lowest BCUT2D eigenvalue weighted by Crippen LogP contribution is -2.02. The number of rotatable bonds is 2. The number of nitro groups is 1. The van der Waals surface area contributed by atoms with Gasteiger partial charge in [-0.1, -0.05) is 0 Å². The van der Waals surface area contributed by atoms with Crippen molar-refractivity contribution >= 4 is 11.5 Å². The number of halogens is 1. The monoisotopic (exact) mass is 197 g/mol. The molecular weight excluding hydrogens is 189 g/mol. The number of nitro benzene ring substituents is 1. The Labute approximate surface area is 79.5 Å². The average molecular weight is 197 g/mol. The molecule has 0 spiro atoms. The van der Waals surface area contributed by atoms with Crippen molar-refractivity contribution in [3.63, 3.8) is 0 Å². The molecule has 14 heavy (non-hydrogen) atoms. The molecule has 4 nitrogen and oxygen atoms in total. The number of benzene rings is 1. The van der Waals surface area contributed by atoms with Crippen LogP contribution in [0.25, 0.3) is 0 Å². The van der Waals surface area contributed by atoms with E-state index in [4.69, 9.17) is 0 Å². The van der Waals surface area contributed by atoms with Gasteiger partial charge in [0, 0.05) is 17.2 Å². The van der Waals surface area contributed by atoms with Crippen LogP contribution >= 0.6 is 0 Å². The topological polar surface area (TPSA) is 60.2 Å². The Morgan fingerprint density at radius 3 is 2.50 bits per heavy atom. The molecule has 0 aliphatic heterocycles. The number of nitrogens with zero attached hydrogens (tertiary/aromatic N) is 1.